The number of rotatable bonds is 2. The molecule has 20 heavy (non-hydrogen) atoms. The van der Waals surface area contributed by atoms with E-state index in [1.807, 2.05) is 0 Å². The second-order valence-electron chi connectivity index (χ2n) is 4.65. The summed E-state index contributed by atoms with van der Waals surface area (Å²) < 4.78 is 25.9. The van der Waals surface area contributed by atoms with Gasteiger partial charge in [0.15, 0.2) is 0 Å². The average molecular weight is 274 g/mol. The lowest BCUT2D eigenvalue weighted by Crippen LogP contribution is -2.34. The Bertz CT molecular complexity index is 570. The second-order valence-corrected chi connectivity index (χ2v) is 4.65. The van der Waals surface area contributed by atoms with Crippen molar-refractivity contribution in [2.45, 2.75) is 12.5 Å². The minimum absolute atomic E-state index is 0.122. The normalized spacial score (nSPS) is 18.2. The summed E-state index contributed by atoms with van der Waals surface area (Å²) in [6.07, 6.45) is 0.281. The van der Waals surface area contributed by atoms with Crippen molar-refractivity contribution in [3.63, 3.8) is 0 Å². The summed E-state index contributed by atoms with van der Waals surface area (Å²) in [5.74, 6) is -0.777. The van der Waals surface area contributed by atoms with Gasteiger partial charge < -0.3 is 0 Å². The molecule has 1 amide bonds. The molecule has 1 fully saturated rings. The van der Waals surface area contributed by atoms with Gasteiger partial charge in [0.2, 0.25) is 5.91 Å². The number of nitrogens with one attached hydrogen (secondary N) is 1. The number of anilines is 1. The van der Waals surface area contributed by atoms with Gasteiger partial charge in [-0.1, -0.05) is 12.1 Å². The fraction of sp³-hybridized carbons (Fsp3) is 0.133. The van der Waals surface area contributed by atoms with Crippen LogP contribution in [0.25, 0.3) is 0 Å². The zero-order valence-corrected chi connectivity index (χ0v) is 10.5. The maximum atomic E-state index is 13.0. The van der Waals surface area contributed by atoms with Gasteiger partial charge in [-0.25, -0.2) is 8.78 Å². The van der Waals surface area contributed by atoms with E-state index in [9.17, 15) is 13.6 Å². The molecule has 0 spiro atoms. The molecular formula is C15H12F2N2O. The molecule has 5 heteroatoms. The molecule has 0 radical (unpaired) electrons. The molecule has 1 N–H and O–H groups in total. The van der Waals surface area contributed by atoms with Crippen molar-refractivity contribution in [1.82, 2.24) is 5.43 Å². The van der Waals surface area contributed by atoms with Crippen LogP contribution in [-0.2, 0) is 4.79 Å². The topological polar surface area (TPSA) is 32.3 Å². The van der Waals surface area contributed by atoms with Gasteiger partial charge in [-0.15, -0.1) is 0 Å². The molecule has 102 valence electrons. The Morgan fingerprint density at radius 3 is 2.10 bits per heavy atom. The van der Waals surface area contributed by atoms with Gasteiger partial charge in [0.05, 0.1) is 18.2 Å². The predicted molar refractivity (Wildman–Crippen MR) is 70.8 cm³/mol. The highest BCUT2D eigenvalue weighted by Gasteiger charge is 2.31. The number of hydrogen-bond donors (Lipinski definition) is 1. The Kier molecular flexibility index (Phi) is 3.10. The van der Waals surface area contributed by atoms with Crippen LogP contribution in [0.1, 0.15) is 18.0 Å². The van der Waals surface area contributed by atoms with Crippen LogP contribution in [0.15, 0.2) is 48.5 Å². The first-order valence-corrected chi connectivity index (χ1v) is 6.23. The highest BCUT2D eigenvalue weighted by atomic mass is 19.1. The molecule has 2 aromatic rings. The van der Waals surface area contributed by atoms with Crippen LogP contribution in [0.4, 0.5) is 14.5 Å². The molecule has 1 atom stereocenters. The zero-order chi connectivity index (χ0) is 14.1. The Labute approximate surface area is 114 Å². The van der Waals surface area contributed by atoms with Gasteiger partial charge in [0, 0.05) is 0 Å². The molecule has 1 aliphatic rings. The van der Waals surface area contributed by atoms with Crippen molar-refractivity contribution in [2.24, 2.45) is 0 Å². The van der Waals surface area contributed by atoms with E-state index in [1.165, 1.54) is 24.3 Å². The van der Waals surface area contributed by atoms with Crippen LogP contribution in [0.2, 0.25) is 0 Å². The molecule has 3 rings (SSSR count). The summed E-state index contributed by atoms with van der Waals surface area (Å²) >= 11 is 0. The van der Waals surface area contributed by atoms with E-state index in [2.05, 4.69) is 5.43 Å². The van der Waals surface area contributed by atoms with E-state index in [-0.39, 0.29) is 30.0 Å². The van der Waals surface area contributed by atoms with E-state index < -0.39 is 0 Å². The van der Waals surface area contributed by atoms with E-state index in [1.54, 1.807) is 29.3 Å². The third-order valence-electron chi connectivity index (χ3n) is 3.30. The van der Waals surface area contributed by atoms with Gasteiger partial charge in [0.1, 0.15) is 11.6 Å². The lowest BCUT2D eigenvalue weighted by molar-refractivity contribution is -0.119. The number of halogens is 2. The average Bonchev–Trinajstić information content (AvgIpc) is 2.82. The molecular weight excluding hydrogens is 262 g/mol. The fourth-order valence-corrected chi connectivity index (χ4v) is 2.32. The van der Waals surface area contributed by atoms with Gasteiger partial charge >= 0.3 is 0 Å². The summed E-state index contributed by atoms with van der Waals surface area (Å²) in [5, 5.41) is 1.68. The zero-order valence-electron chi connectivity index (χ0n) is 10.5. The molecule has 0 aliphatic carbocycles. The third kappa shape index (κ3) is 2.34. The molecule has 1 saturated heterocycles. The van der Waals surface area contributed by atoms with Gasteiger partial charge in [-0.05, 0) is 42.0 Å². The smallest absolute Gasteiger partial charge is 0.241 e. The van der Waals surface area contributed by atoms with Crippen molar-refractivity contribution < 1.29 is 13.6 Å². The first kappa shape index (κ1) is 12.6. The van der Waals surface area contributed by atoms with Crippen molar-refractivity contribution in [2.75, 3.05) is 5.01 Å². The minimum Gasteiger partial charge on any atom is -0.278 e. The molecule has 1 aliphatic heterocycles. The summed E-state index contributed by atoms with van der Waals surface area (Å²) in [7, 11) is 0. The van der Waals surface area contributed by atoms with E-state index in [0.29, 0.717) is 5.69 Å². The van der Waals surface area contributed by atoms with Crippen molar-refractivity contribution in [1.29, 1.82) is 0 Å². The molecule has 0 saturated carbocycles. The maximum Gasteiger partial charge on any atom is 0.241 e. The first-order chi connectivity index (χ1) is 9.63. The molecule has 0 bridgehead atoms. The number of carbonyl (C=O) groups excluding carboxylic acids is 1. The van der Waals surface area contributed by atoms with Gasteiger partial charge in [-0.2, -0.15) is 0 Å². The summed E-state index contributed by atoms with van der Waals surface area (Å²) in [5.41, 5.74) is 4.25. The predicted octanol–water partition coefficient (Wildman–Crippen LogP) is 2.95. The summed E-state index contributed by atoms with van der Waals surface area (Å²) in [4.78, 5) is 11.6. The molecule has 3 nitrogen and oxygen atoms in total. The largest absolute Gasteiger partial charge is 0.278 e. The Hall–Kier alpha value is -2.43. The number of hydrazine groups is 1. The van der Waals surface area contributed by atoms with Crippen LogP contribution >= 0.6 is 0 Å². The van der Waals surface area contributed by atoms with Gasteiger partial charge in [0.25, 0.3) is 0 Å². The van der Waals surface area contributed by atoms with Crippen molar-refractivity contribution in [3.8, 4) is 0 Å². The Morgan fingerprint density at radius 2 is 1.50 bits per heavy atom. The SMILES string of the molecule is O=C1CC(c2ccc(F)cc2)N(c2ccc(F)cc2)N1. The van der Waals surface area contributed by atoms with Crippen LogP contribution < -0.4 is 10.4 Å². The lowest BCUT2D eigenvalue weighted by atomic mass is 10.0. The number of nitrogens with zero attached hydrogens (tertiary/aromatic N) is 1. The number of hydrogen-bond acceptors (Lipinski definition) is 2. The maximum absolute atomic E-state index is 13.0. The molecule has 2 aromatic carbocycles. The van der Waals surface area contributed by atoms with E-state index in [4.69, 9.17) is 0 Å². The summed E-state index contributed by atoms with van der Waals surface area (Å²) in [6, 6.07) is 11.7. The Morgan fingerprint density at radius 1 is 0.950 bits per heavy atom. The monoisotopic (exact) mass is 274 g/mol. The first-order valence-electron chi connectivity index (χ1n) is 6.23. The number of benzene rings is 2. The van der Waals surface area contributed by atoms with Crippen LogP contribution in [0.5, 0.6) is 0 Å². The van der Waals surface area contributed by atoms with Crippen molar-refractivity contribution in [3.05, 3.63) is 65.7 Å². The van der Waals surface area contributed by atoms with E-state index >= 15 is 0 Å². The lowest BCUT2D eigenvalue weighted by Gasteiger charge is -2.25. The number of carbonyl (C=O) groups is 1. The van der Waals surface area contributed by atoms with Gasteiger partial charge in [-0.3, -0.25) is 15.2 Å². The van der Waals surface area contributed by atoms with Crippen LogP contribution in [-0.4, -0.2) is 5.91 Å². The summed E-state index contributed by atoms with van der Waals surface area (Å²) in [6.45, 7) is 0. The number of amides is 1. The highest BCUT2D eigenvalue weighted by molar-refractivity contribution is 5.83. The van der Waals surface area contributed by atoms with Crippen molar-refractivity contribution >= 4 is 11.6 Å². The quantitative estimate of drug-likeness (QED) is 0.913. The minimum atomic E-state index is -0.336. The fourth-order valence-electron chi connectivity index (χ4n) is 2.32. The highest BCUT2D eigenvalue weighted by Crippen LogP contribution is 2.32. The standard InChI is InChI=1S/C15H12F2N2O/c16-11-3-1-10(2-4-11)14-9-15(20)18-19(14)13-7-5-12(17)6-8-13/h1-8,14H,9H2,(H,18,20). The van der Waals surface area contributed by atoms with Crippen LogP contribution in [0.3, 0.4) is 0 Å². The molecule has 1 unspecified atom stereocenters. The van der Waals surface area contributed by atoms with E-state index in [0.717, 1.165) is 5.56 Å². The molecule has 1 heterocycles. The third-order valence-corrected chi connectivity index (χ3v) is 3.30. The Balaban J connectivity index is 1.94. The molecule has 0 aromatic heterocycles. The van der Waals surface area contributed by atoms with Crippen LogP contribution in [0, 0.1) is 11.6 Å². The second kappa shape index (κ2) is 4.92.